The number of aldehydes is 1. The van der Waals surface area contributed by atoms with Gasteiger partial charge in [0.1, 0.15) is 42.1 Å². The molecule has 6 nitrogen and oxygen atoms in total. The lowest BCUT2D eigenvalue weighted by molar-refractivity contribution is -0.108. The number of carbonyl (C=O) groups is 1. The maximum Gasteiger partial charge on any atom is 0.250 e. The second kappa shape index (κ2) is 10.9. The number of fused-ring (bicyclic) bond motifs is 2. The van der Waals surface area contributed by atoms with Crippen LogP contribution in [0.1, 0.15) is 58.2 Å². The van der Waals surface area contributed by atoms with Gasteiger partial charge in [-0.1, -0.05) is 12.1 Å². The fourth-order valence-corrected chi connectivity index (χ4v) is 6.11. The van der Waals surface area contributed by atoms with Gasteiger partial charge in [-0.05, 0) is 90.4 Å². The second-order valence-corrected chi connectivity index (χ2v) is 10.9. The van der Waals surface area contributed by atoms with Crippen LogP contribution in [0.3, 0.4) is 0 Å². The van der Waals surface area contributed by atoms with Crippen molar-refractivity contribution >= 4 is 6.29 Å². The molecule has 1 aliphatic heterocycles. The van der Waals surface area contributed by atoms with Crippen molar-refractivity contribution < 1.29 is 23.4 Å². The van der Waals surface area contributed by atoms with Crippen LogP contribution in [-0.2, 0) is 24.9 Å². The molecule has 0 spiro atoms. The number of nitrogens with zero attached hydrogens (tertiary/aromatic N) is 1. The van der Waals surface area contributed by atoms with Gasteiger partial charge in [0, 0.05) is 48.8 Å². The largest absolute Gasteiger partial charge is 0.492 e. The normalized spacial score (nSPS) is 17.1. The molecular formula is C34H32FNO5. The van der Waals surface area contributed by atoms with Gasteiger partial charge in [-0.25, -0.2) is 4.39 Å². The van der Waals surface area contributed by atoms with Gasteiger partial charge in [0.25, 0.3) is 5.56 Å². The summed E-state index contributed by atoms with van der Waals surface area (Å²) in [4.78, 5) is 22.9. The van der Waals surface area contributed by atoms with Crippen LogP contribution in [0.4, 0.5) is 4.39 Å². The number of carbonyl (C=O) groups excluding carboxylic acids is 1. The average Bonchev–Trinajstić information content (AvgIpc) is 3.55. The fourth-order valence-electron chi connectivity index (χ4n) is 6.11. The van der Waals surface area contributed by atoms with Crippen LogP contribution in [0.15, 0.2) is 65.6 Å². The predicted molar refractivity (Wildman–Crippen MR) is 154 cm³/mol. The topological polar surface area (TPSA) is 66.8 Å². The van der Waals surface area contributed by atoms with E-state index in [1.54, 1.807) is 19.3 Å². The lowest BCUT2D eigenvalue weighted by Crippen LogP contribution is -2.15. The summed E-state index contributed by atoms with van der Waals surface area (Å²) in [7, 11) is 1.72. The molecule has 7 heteroatoms. The predicted octanol–water partition coefficient (Wildman–Crippen LogP) is 6.52. The smallest absolute Gasteiger partial charge is 0.250 e. The minimum absolute atomic E-state index is 0.0689. The van der Waals surface area contributed by atoms with Crippen molar-refractivity contribution in [2.75, 3.05) is 6.61 Å². The van der Waals surface area contributed by atoms with Gasteiger partial charge in [-0.15, -0.1) is 0 Å². The highest BCUT2D eigenvalue weighted by atomic mass is 19.1. The van der Waals surface area contributed by atoms with E-state index in [-0.39, 0.29) is 17.3 Å². The quantitative estimate of drug-likeness (QED) is 0.233. The highest BCUT2D eigenvalue weighted by Crippen LogP contribution is 2.45. The lowest BCUT2D eigenvalue weighted by Gasteiger charge is -2.19. The molecule has 3 aromatic carbocycles. The van der Waals surface area contributed by atoms with Crippen molar-refractivity contribution in [3.8, 4) is 28.4 Å². The molecule has 0 amide bonds. The highest BCUT2D eigenvalue weighted by Gasteiger charge is 2.32. The van der Waals surface area contributed by atoms with Crippen LogP contribution in [0.25, 0.3) is 11.1 Å². The van der Waals surface area contributed by atoms with Crippen LogP contribution >= 0.6 is 0 Å². The van der Waals surface area contributed by atoms with Crippen LogP contribution in [0.5, 0.6) is 17.2 Å². The van der Waals surface area contributed by atoms with Gasteiger partial charge in [0.05, 0.1) is 6.61 Å². The van der Waals surface area contributed by atoms with Crippen molar-refractivity contribution in [1.29, 1.82) is 0 Å². The summed E-state index contributed by atoms with van der Waals surface area (Å²) in [5, 5.41) is 0. The molecule has 1 aliphatic carbocycles. The first kappa shape index (κ1) is 26.8. The number of halogens is 1. The maximum atomic E-state index is 15.3. The Morgan fingerprint density at radius 2 is 1.85 bits per heavy atom. The van der Waals surface area contributed by atoms with E-state index in [2.05, 4.69) is 0 Å². The Morgan fingerprint density at radius 3 is 2.61 bits per heavy atom. The molecule has 0 unspecified atom stereocenters. The number of rotatable bonds is 8. The molecule has 2 heterocycles. The molecule has 0 bridgehead atoms. The zero-order valence-electron chi connectivity index (χ0n) is 23.4. The fraction of sp³-hybridized carbons (Fsp3) is 0.294. The number of hydrogen-bond donors (Lipinski definition) is 0. The summed E-state index contributed by atoms with van der Waals surface area (Å²) in [6.45, 7) is 4.85. The summed E-state index contributed by atoms with van der Waals surface area (Å²) in [6, 6.07) is 16.5. The summed E-state index contributed by atoms with van der Waals surface area (Å²) in [6.07, 6.45) is 4.05. The Labute approximate surface area is 238 Å². The molecule has 2 aliphatic rings. The summed E-state index contributed by atoms with van der Waals surface area (Å²) in [5.74, 6) is 1.88. The van der Waals surface area contributed by atoms with E-state index < -0.39 is 6.10 Å². The Balaban J connectivity index is 1.25. The Kier molecular flexibility index (Phi) is 7.12. The first-order valence-corrected chi connectivity index (χ1v) is 13.9. The molecule has 41 heavy (non-hydrogen) atoms. The van der Waals surface area contributed by atoms with Crippen LogP contribution < -0.4 is 19.8 Å². The second-order valence-electron chi connectivity index (χ2n) is 10.9. The molecular weight excluding hydrogens is 521 g/mol. The van der Waals surface area contributed by atoms with Crippen molar-refractivity contribution in [2.24, 2.45) is 7.05 Å². The highest BCUT2D eigenvalue weighted by molar-refractivity contribution is 5.76. The van der Waals surface area contributed by atoms with Crippen molar-refractivity contribution in [3.05, 3.63) is 110 Å². The van der Waals surface area contributed by atoms with Crippen LogP contribution in [0.2, 0.25) is 0 Å². The molecule has 4 aromatic rings. The third-order valence-corrected chi connectivity index (χ3v) is 8.16. The van der Waals surface area contributed by atoms with E-state index in [9.17, 15) is 9.59 Å². The van der Waals surface area contributed by atoms with Gasteiger partial charge in [0.2, 0.25) is 0 Å². The molecule has 0 saturated heterocycles. The van der Waals surface area contributed by atoms with Crippen molar-refractivity contribution in [3.63, 3.8) is 0 Å². The first-order chi connectivity index (χ1) is 19.8. The summed E-state index contributed by atoms with van der Waals surface area (Å²) < 4.78 is 35.0. The maximum absolute atomic E-state index is 15.3. The Morgan fingerprint density at radius 1 is 1.05 bits per heavy atom. The third-order valence-electron chi connectivity index (χ3n) is 8.16. The first-order valence-electron chi connectivity index (χ1n) is 13.9. The average molecular weight is 554 g/mol. The van der Waals surface area contributed by atoms with Crippen LogP contribution in [0, 0.1) is 19.7 Å². The van der Waals surface area contributed by atoms with Crippen molar-refractivity contribution in [2.45, 2.75) is 51.7 Å². The number of ether oxygens (including phenoxy) is 3. The van der Waals surface area contributed by atoms with Gasteiger partial charge in [-0.2, -0.15) is 0 Å². The van der Waals surface area contributed by atoms with Gasteiger partial charge in [-0.3, -0.25) is 4.79 Å². The van der Waals surface area contributed by atoms with E-state index in [0.29, 0.717) is 43.8 Å². The van der Waals surface area contributed by atoms with Gasteiger partial charge < -0.3 is 23.6 Å². The minimum atomic E-state index is -0.406. The molecule has 0 N–H and O–H groups in total. The zero-order valence-corrected chi connectivity index (χ0v) is 23.4. The number of aryl methyl sites for hydroxylation is 3. The van der Waals surface area contributed by atoms with E-state index in [4.69, 9.17) is 14.2 Å². The Bertz CT molecular complexity index is 1690. The summed E-state index contributed by atoms with van der Waals surface area (Å²) >= 11 is 0. The van der Waals surface area contributed by atoms with E-state index >= 15 is 4.39 Å². The molecule has 0 radical (unpaired) electrons. The van der Waals surface area contributed by atoms with Gasteiger partial charge >= 0.3 is 0 Å². The number of benzene rings is 3. The molecule has 0 fully saturated rings. The number of pyridine rings is 1. The Hall–Kier alpha value is -4.39. The van der Waals surface area contributed by atoms with E-state index in [1.165, 1.54) is 10.6 Å². The minimum Gasteiger partial charge on any atom is -0.492 e. The monoisotopic (exact) mass is 553 g/mol. The van der Waals surface area contributed by atoms with Crippen molar-refractivity contribution in [1.82, 2.24) is 4.57 Å². The number of aromatic nitrogens is 1. The SMILES string of the molecule is Cc1cc(OCc2ccn(C)c(=O)c2)cc(C)c1-c1ccc(F)c2c1CC[C@H]2Oc1ccc2c(c1)OC[C@H]2CC=O. The molecule has 1 aromatic heterocycles. The number of hydrogen-bond acceptors (Lipinski definition) is 5. The zero-order chi connectivity index (χ0) is 28.7. The van der Waals surface area contributed by atoms with E-state index in [1.807, 2.05) is 56.3 Å². The molecule has 210 valence electrons. The molecule has 6 rings (SSSR count). The van der Waals surface area contributed by atoms with Crippen LogP contribution in [-0.4, -0.2) is 17.5 Å². The van der Waals surface area contributed by atoms with Gasteiger partial charge in [0.15, 0.2) is 0 Å². The third kappa shape index (κ3) is 5.12. The lowest BCUT2D eigenvalue weighted by atomic mass is 9.90. The summed E-state index contributed by atoms with van der Waals surface area (Å²) in [5.41, 5.74) is 7.46. The standard InChI is InChI=1S/C34H32FNO5/c1-20-14-25(39-18-22-10-12-36(3)32(38)16-22)15-21(2)33(20)27-6-8-29(35)34-28(27)7-9-30(34)41-24-4-5-26-23(11-13-37)19-40-31(26)17-24/h4-6,8,10,12-17,23,30H,7,9,11,18-19H2,1-3H3/t23-,30-/m1/s1. The van der Waals surface area contributed by atoms with E-state index in [0.717, 1.165) is 56.7 Å². The molecule has 2 atom stereocenters. The molecule has 0 saturated carbocycles.